The van der Waals surface area contributed by atoms with Crippen LogP contribution in [0.25, 0.3) is 0 Å². The first kappa shape index (κ1) is 11.2. The molecule has 11 heteroatoms. The normalized spacial score (nSPS) is 35.2. The SMILES string of the molecule is C=CP1(F)=NP(F)(F)=NP(F)(F)=N1. The van der Waals surface area contributed by atoms with Crippen LogP contribution >= 0.6 is 23.2 Å². The van der Waals surface area contributed by atoms with Crippen molar-refractivity contribution in [3.8, 4) is 0 Å². The molecular formula is C2H3F5N3P3. The molecule has 0 bridgehead atoms. The molecule has 1 unspecified atom stereocenters. The van der Waals surface area contributed by atoms with Gasteiger partial charge in [-0.3, -0.25) is 0 Å². The summed E-state index contributed by atoms with van der Waals surface area (Å²) in [4.78, 5) is 0. The summed E-state index contributed by atoms with van der Waals surface area (Å²) in [6.45, 7) is 2.80. The van der Waals surface area contributed by atoms with Crippen molar-refractivity contribution >= 4 is 23.2 Å². The third-order valence-corrected chi connectivity index (χ3v) is 6.83. The van der Waals surface area contributed by atoms with Gasteiger partial charge in [-0.1, -0.05) is 6.58 Å². The Hall–Kier alpha value is 0.0800. The summed E-state index contributed by atoms with van der Waals surface area (Å²) in [5, 5.41) is 0. The maximum atomic E-state index is 13.0. The Morgan fingerprint density at radius 2 is 1.31 bits per heavy atom. The second kappa shape index (κ2) is 3.04. The van der Waals surface area contributed by atoms with Crippen LogP contribution in [0.2, 0.25) is 0 Å². The lowest BCUT2D eigenvalue weighted by Gasteiger charge is -2.12. The van der Waals surface area contributed by atoms with Crippen molar-refractivity contribution in [1.29, 1.82) is 0 Å². The van der Waals surface area contributed by atoms with E-state index in [1.165, 1.54) is 0 Å². The number of hydrogen-bond donors (Lipinski definition) is 0. The minimum Gasteiger partial charge on any atom is -0.178 e. The maximum Gasteiger partial charge on any atom is 0.423 e. The van der Waals surface area contributed by atoms with Gasteiger partial charge in [0, 0.05) is 0 Å². The van der Waals surface area contributed by atoms with Gasteiger partial charge in [0.05, 0.1) is 0 Å². The van der Waals surface area contributed by atoms with E-state index < -0.39 is 23.2 Å². The molecule has 0 aromatic carbocycles. The molecule has 0 aliphatic carbocycles. The van der Waals surface area contributed by atoms with Crippen LogP contribution in [0, 0.1) is 0 Å². The minimum atomic E-state index is -5.54. The van der Waals surface area contributed by atoms with Crippen LogP contribution < -0.4 is 0 Å². The molecular weight excluding hydrogens is 254 g/mol. The molecule has 0 aromatic heterocycles. The van der Waals surface area contributed by atoms with Gasteiger partial charge in [-0.2, -0.15) is 13.2 Å². The zero-order valence-electron chi connectivity index (χ0n) is 5.86. The molecule has 0 amide bonds. The van der Waals surface area contributed by atoms with E-state index in [4.69, 9.17) is 0 Å². The molecule has 0 radical (unpaired) electrons. The number of nitrogens with zero attached hydrogens (tertiary/aromatic N) is 3. The Kier molecular flexibility index (Phi) is 2.61. The smallest absolute Gasteiger partial charge is 0.178 e. The fourth-order valence-corrected chi connectivity index (χ4v) is 5.99. The highest BCUT2D eigenvalue weighted by Gasteiger charge is 2.37. The van der Waals surface area contributed by atoms with Gasteiger partial charge >= 0.3 is 15.7 Å². The van der Waals surface area contributed by atoms with E-state index in [0.717, 1.165) is 0 Å². The molecule has 1 aliphatic heterocycles. The van der Waals surface area contributed by atoms with Crippen LogP contribution in [0.5, 0.6) is 0 Å². The van der Waals surface area contributed by atoms with Gasteiger partial charge in [-0.05, 0) is 5.82 Å². The Morgan fingerprint density at radius 1 is 0.846 bits per heavy atom. The van der Waals surface area contributed by atoms with E-state index in [1.54, 1.807) is 0 Å². The average molecular weight is 257 g/mol. The zero-order valence-corrected chi connectivity index (χ0v) is 8.54. The maximum absolute atomic E-state index is 13.0. The molecule has 0 fully saturated rings. The zero-order chi connectivity index (χ0) is 10.3. The molecule has 0 saturated carbocycles. The fraction of sp³-hybridized carbons (Fsp3) is 0. The predicted molar refractivity (Wildman–Crippen MR) is 43.8 cm³/mol. The lowest BCUT2D eigenvalue weighted by molar-refractivity contribution is 0.697. The van der Waals surface area contributed by atoms with Crippen LogP contribution in [0.1, 0.15) is 0 Å². The third-order valence-electron chi connectivity index (χ3n) is 0.914. The monoisotopic (exact) mass is 257 g/mol. The van der Waals surface area contributed by atoms with E-state index in [2.05, 4.69) is 15.6 Å². The standard InChI is InChI=1S/C2H3F5N3P3/c1-2-11(3)8-12(4,5)10-13(6,7)9-11/h2H,1H2. The van der Waals surface area contributed by atoms with Crippen molar-refractivity contribution in [3.05, 3.63) is 12.4 Å². The Morgan fingerprint density at radius 3 is 1.69 bits per heavy atom. The van der Waals surface area contributed by atoms with Crippen molar-refractivity contribution in [2.75, 3.05) is 0 Å². The summed E-state index contributed by atoms with van der Waals surface area (Å²) in [5.74, 6) is 0.309. The number of halogens is 5. The lowest BCUT2D eigenvalue weighted by Crippen LogP contribution is -1.69. The van der Waals surface area contributed by atoms with Crippen LogP contribution in [0.4, 0.5) is 21.0 Å². The molecule has 1 heterocycles. The first-order chi connectivity index (χ1) is 5.68. The van der Waals surface area contributed by atoms with Crippen LogP contribution in [-0.4, -0.2) is 0 Å². The summed E-state index contributed by atoms with van der Waals surface area (Å²) in [6, 6.07) is 0. The summed E-state index contributed by atoms with van der Waals surface area (Å²) in [5.41, 5.74) is 0. The van der Waals surface area contributed by atoms with Crippen molar-refractivity contribution in [3.63, 3.8) is 0 Å². The summed E-state index contributed by atoms with van der Waals surface area (Å²) in [6.07, 6.45) is 0. The second-order valence-corrected chi connectivity index (χ2v) is 7.40. The Balaban J connectivity index is 3.53. The van der Waals surface area contributed by atoms with Gasteiger partial charge in [0.15, 0.2) is 0 Å². The van der Waals surface area contributed by atoms with E-state index in [1.807, 2.05) is 4.52 Å². The molecule has 1 atom stereocenters. The lowest BCUT2D eigenvalue weighted by atomic mass is 11.3. The van der Waals surface area contributed by atoms with Gasteiger partial charge in [-0.15, -0.1) is 21.3 Å². The molecule has 0 saturated heterocycles. The Labute approximate surface area is 71.0 Å². The molecule has 76 valence electrons. The highest BCUT2D eigenvalue weighted by Crippen LogP contribution is 2.81. The molecule has 0 aromatic rings. The van der Waals surface area contributed by atoms with Crippen LogP contribution in [-0.2, 0) is 0 Å². The van der Waals surface area contributed by atoms with E-state index in [-0.39, 0.29) is 0 Å². The van der Waals surface area contributed by atoms with Crippen LogP contribution in [0.15, 0.2) is 25.9 Å². The van der Waals surface area contributed by atoms with Crippen molar-refractivity contribution in [1.82, 2.24) is 0 Å². The number of hydrogen-bond acceptors (Lipinski definition) is 3. The quantitative estimate of drug-likeness (QED) is 0.413. The first-order valence-corrected chi connectivity index (χ1v) is 7.32. The van der Waals surface area contributed by atoms with E-state index in [9.17, 15) is 21.0 Å². The molecule has 1 rings (SSSR count). The van der Waals surface area contributed by atoms with Crippen molar-refractivity contribution < 1.29 is 21.0 Å². The van der Waals surface area contributed by atoms with Crippen molar-refractivity contribution in [2.24, 2.45) is 13.5 Å². The minimum absolute atomic E-state index is 0.309. The highest BCUT2D eigenvalue weighted by molar-refractivity contribution is 7.80. The Bertz CT molecular complexity index is 392. The average Bonchev–Trinajstić information content (AvgIpc) is 1.79. The highest BCUT2D eigenvalue weighted by atomic mass is 31.3. The van der Waals surface area contributed by atoms with Gasteiger partial charge < -0.3 is 0 Å². The van der Waals surface area contributed by atoms with E-state index >= 15 is 0 Å². The molecule has 0 N–H and O–H groups in total. The predicted octanol–water partition coefficient (Wildman–Crippen LogP) is 5.91. The van der Waals surface area contributed by atoms with E-state index in [0.29, 0.717) is 5.82 Å². The molecule has 13 heavy (non-hydrogen) atoms. The summed E-state index contributed by atoms with van der Waals surface area (Å²) >= 11 is 0. The van der Waals surface area contributed by atoms with Crippen LogP contribution in [0.3, 0.4) is 0 Å². The summed E-state index contributed by atoms with van der Waals surface area (Å²) in [7, 11) is -15.6. The first-order valence-electron chi connectivity index (χ1n) is 2.71. The van der Waals surface area contributed by atoms with Crippen molar-refractivity contribution in [2.45, 2.75) is 0 Å². The van der Waals surface area contributed by atoms with Gasteiger partial charge in [0.2, 0.25) is 0 Å². The van der Waals surface area contributed by atoms with Gasteiger partial charge in [0.25, 0.3) is 7.52 Å². The molecule has 0 spiro atoms. The fourth-order valence-electron chi connectivity index (χ4n) is 0.558. The number of rotatable bonds is 1. The molecule has 1 aliphatic rings. The molecule has 3 nitrogen and oxygen atoms in total. The second-order valence-electron chi connectivity index (χ2n) is 1.93. The third kappa shape index (κ3) is 2.76. The van der Waals surface area contributed by atoms with Gasteiger partial charge in [0.1, 0.15) is 0 Å². The largest absolute Gasteiger partial charge is 0.423 e. The topological polar surface area (TPSA) is 37.1 Å². The van der Waals surface area contributed by atoms with Gasteiger partial charge in [-0.25, -0.2) is 0 Å². The summed E-state index contributed by atoms with van der Waals surface area (Å²) < 4.78 is 68.9.